The fourth-order valence-corrected chi connectivity index (χ4v) is 3.93. The van der Waals surface area contributed by atoms with Gasteiger partial charge in [-0.15, -0.1) is 0 Å². The summed E-state index contributed by atoms with van der Waals surface area (Å²) in [6.45, 7) is 3.71. The van der Waals surface area contributed by atoms with Crippen LogP contribution in [0.4, 0.5) is 0 Å². The van der Waals surface area contributed by atoms with E-state index in [1.54, 1.807) is 7.11 Å². The summed E-state index contributed by atoms with van der Waals surface area (Å²) < 4.78 is 10.9. The Morgan fingerprint density at radius 3 is 2.50 bits per heavy atom. The van der Waals surface area contributed by atoms with Crippen LogP contribution in [0.25, 0.3) is 0 Å². The van der Waals surface area contributed by atoms with Crippen LogP contribution in [0.2, 0.25) is 0 Å². The standard InChI is InChI=1S/C22H31NO3/c1-25-17-21-10-9-20(26-21)16-23-14-12-22(18-24,13-15-23)11-5-8-19-6-3-2-4-7-19/h2-4,6-7,9-10,24H,5,8,11-18H2,1H3. The summed E-state index contributed by atoms with van der Waals surface area (Å²) >= 11 is 0. The van der Waals surface area contributed by atoms with Gasteiger partial charge in [0.2, 0.25) is 0 Å². The molecule has 4 heteroatoms. The zero-order chi connectivity index (χ0) is 18.2. The quantitative estimate of drug-likeness (QED) is 0.736. The summed E-state index contributed by atoms with van der Waals surface area (Å²) in [7, 11) is 1.68. The van der Waals surface area contributed by atoms with E-state index in [-0.39, 0.29) is 5.41 Å². The van der Waals surface area contributed by atoms with Crippen molar-refractivity contribution in [2.24, 2.45) is 5.41 Å². The SMILES string of the molecule is COCc1ccc(CN2CCC(CO)(CCCc3ccccc3)CC2)o1. The monoisotopic (exact) mass is 357 g/mol. The lowest BCUT2D eigenvalue weighted by molar-refractivity contribution is 0.0306. The second-order valence-electron chi connectivity index (χ2n) is 7.57. The predicted molar refractivity (Wildman–Crippen MR) is 103 cm³/mol. The number of rotatable bonds is 9. The fraction of sp³-hybridized carbons (Fsp3) is 0.545. The van der Waals surface area contributed by atoms with Crippen LogP contribution >= 0.6 is 0 Å². The summed E-state index contributed by atoms with van der Waals surface area (Å²) in [6.07, 6.45) is 5.46. The van der Waals surface area contributed by atoms with Gasteiger partial charge in [-0.25, -0.2) is 0 Å². The Kier molecular flexibility index (Phi) is 6.89. The number of hydrogen-bond donors (Lipinski definition) is 1. The first kappa shape index (κ1) is 19.2. The molecule has 1 aliphatic heterocycles. The Hall–Kier alpha value is -1.62. The molecule has 2 aromatic rings. The molecular formula is C22H31NO3. The number of hydrogen-bond acceptors (Lipinski definition) is 4. The largest absolute Gasteiger partial charge is 0.462 e. The molecule has 1 fully saturated rings. The van der Waals surface area contributed by atoms with E-state index in [2.05, 4.69) is 35.2 Å². The van der Waals surface area contributed by atoms with E-state index < -0.39 is 0 Å². The second-order valence-corrected chi connectivity index (χ2v) is 7.57. The molecule has 26 heavy (non-hydrogen) atoms. The molecule has 0 bridgehead atoms. The number of furan rings is 1. The van der Waals surface area contributed by atoms with Crippen molar-refractivity contribution in [3.05, 3.63) is 59.5 Å². The van der Waals surface area contributed by atoms with Crippen molar-refractivity contribution in [3.8, 4) is 0 Å². The van der Waals surface area contributed by atoms with Gasteiger partial charge in [-0.2, -0.15) is 0 Å². The minimum atomic E-state index is 0.0929. The van der Waals surface area contributed by atoms with Crippen LogP contribution < -0.4 is 0 Å². The van der Waals surface area contributed by atoms with E-state index in [4.69, 9.17) is 9.15 Å². The number of aliphatic hydroxyl groups is 1. The zero-order valence-corrected chi connectivity index (χ0v) is 15.8. The highest BCUT2D eigenvalue weighted by atomic mass is 16.5. The summed E-state index contributed by atoms with van der Waals surface area (Å²) in [5, 5.41) is 10.0. The van der Waals surface area contributed by atoms with Gasteiger partial charge < -0.3 is 14.3 Å². The summed E-state index contributed by atoms with van der Waals surface area (Å²) in [5.41, 5.74) is 1.48. The highest BCUT2D eigenvalue weighted by Gasteiger charge is 2.33. The van der Waals surface area contributed by atoms with Crippen molar-refractivity contribution in [3.63, 3.8) is 0 Å². The molecule has 1 aliphatic rings. The minimum absolute atomic E-state index is 0.0929. The number of aliphatic hydroxyl groups excluding tert-OH is 1. The van der Waals surface area contributed by atoms with Gasteiger partial charge in [0.1, 0.15) is 18.1 Å². The number of aryl methyl sites for hydroxylation is 1. The second kappa shape index (κ2) is 9.36. The van der Waals surface area contributed by atoms with Crippen LogP contribution in [0.5, 0.6) is 0 Å². The zero-order valence-electron chi connectivity index (χ0n) is 15.8. The summed E-state index contributed by atoms with van der Waals surface area (Å²) in [4.78, 5) is 2.43. The van der Waals surface area contributed by atoms with Gasteiger partial charge in [0.15, 0.2) is 0 Å². The molecule has 0 amide bonds. The molecule has 4 nitrogen and oxygen atoms in total. The predicted octanol–water partition coefficient (Wildman–Crippen LogP) is 4.02. The lowest BCUT2D eigenvalue weighted by Crippen LogP contribution is -2.41. The van der Waals surface area contributed by atoms with E-state index in [9.17, 15) is 5.11 Å². The molecule has 2 heterocycles. The normalized spacial score (nSPS) is 17.5. The molecule has 0 unspecified atom stereocenters. The fourth-order valence-electron chi connectivity index (χ4n) is 3.93. The molecule has 1 aromatic carbocycles. The van der Waals surface area contributed by atoms with Gasteiger partial charge in [-0.1, -0.05) is 30.3 Å². The Bertz CT molecular complexity index is 644. The number of nitrogens with zero attached hydrogens (tertiary/aromatic N) is 1. The maximum atomic E-state index is 10.0. The van der Waals surface area contributed by atoms with E-state index in [0.717, 1.165) is 63.3 Å². The molecular weight excluding hydrogens is 326 g/mol. The third kappa shape index (κ3) is 5.19. The summed E-state index contributed by atoms with van der Waals surface area (Å²) in [6, 6.07) is 14.7. The summed E-state index contributed by atoms with van der Waals surface area (Å²) in [5.74, 6) is 1.88. The van der Waals surface area contributed by atoms with E-state index in [1.165, 1.54) is 5.56 Å². The number of piperidine rings is 1. The molecule has 3 rings (SSSR count). The highest BCUT2D eigenvalue weighted by molar-refractivity contribution is 5.14. The van der Waals surface area contributed by atoms with Crippen LogP contribution in [0.3, 0.4) is 0 Å². The molecule has 0 aliphatic carbocycles. The van der Waals surface area contributed by atoms with Crippen molar-refractivity contribution in [1.29, 1.82) is 0 Å². The number of ether oxygens (including phenoxy) is 1. The lowest BCUT2D eigenvalue weighted by Gasteiger charge is -2.40. The smallest absolute Gasteiger partial charge is 0.129 e. The van der Waals surface area contributed by atoms with E-state index in [1.807, 2.05) is 12.1 Å². The Morgan fingerprint density at radius 2 is 1.81 bits per heavy atom. The van der Waals surface area contributed by atoms with Crippen LogP contribution in [0.15, 0.2) is 46.9 Å². The average Bonchev–Trinajstić information content (AvgIpc) is 3.11. The third-order valence-corrected chi connectivity index (χ3v) is 5.65. The van der Waals surface area contributed by atoms with Gasteiger partial charge in [0.05, 0.1) is 6.54 Å². The van der Waals surface area contributed by atoms with E-state index >= 15 is 0 Å². The molecule has 0 atom stereocenters. The first-order valence-electron chi connectivity index (χ1n) is 9.67. The Morgan fingerprint density at radius 1 is 1.08 bits per heavy atom. The van der Waals surface area contributed by atoms with E-state index in [0.29, 0.717) is 13.2 Å². The van der Waals surface area contributed by atoms with Crippen molar-refractivity contribution in [2.45, 2.75) is 45.3 Å². The molecule has 0 radical (unpaired) electrons. The molecule has 1 N–H and O–H groups in total. The average molecular weight is 357 g/mol. The van der Waals surface area contributed by atoms with Crippen LogP contribution in [0.1, 0.15) is 42.8 Å². The maximum Gasteiger partial charge on any atom is 0.129 e. The van der Waals surface area contributed by atoms with Crippen molar-refractivity contribution in [2.75, 3.05) is 26.8 Å². The molecule has 142 valence electrons. The Labute approximate surface area is 156 Å². The van der Waals surface area contributed by atoms with Crippen molar-refractivity contribution in [1.82, 2.24) is 4.90 Å². The first-order valence-corrected chi connectivity index (χ1v) is 9.67. The topological polar surface area (TPSA) is 45.8 Å². The minimum Gasteiger partial charge on any atom is -0.462 e. The van der Waals surface area contributed by atoms with Crippen LogP contribution in [-0.2, 0) is 24.3 Å². The first-order chi connectivity index (χ1) is 12.7. The Balaban J connectivity index is 1.45. The van der Waals surface area contributed by atoms with Crippen LogP contribution in [0, 0.1) is 5.41 Å². The number of likely N-dealkylation sites (tertiary alicyclic amines) is 1. The molecule has 1 saturated heterocycles. The van der Waals surface area contributed by atoms with Crippen LogP contribution in [-0.4, -0.2) is 36.8 Å². The molecule has 0 saturated carbocycles. The number of methoxy groups -OCH3 is 1. The maximum absolute atomic E-state index is 10.0. The van der Waals surface area contributed by atoms with Gasteiger partial charge >= 0.3 is 0 Å². The van der Waals surface area contributed by atoms with Crippen molar-refractivity contribution < 1.29 is 14.3 Å². The van der Waals surface area contributed by atoms with Crippen molar-refractivity contribution >= 4 is 0 Å². The lowest BCUT2D eigenvalue weighted by atomic mass is 9.75. The van der Waals surface area contributed by atoms with Gasteiger partial charge in [-0.05, 0) is 68.3 Å². The highest BCUT2D eigenvalue weighted by Crippen LogP contribution is 2.36. The number of benzene rings is 1. The van der Waals surface area contributed by atoms with Gasteiger partial charge in [-0.3, -0.25) is 4.90 Å². The molecule has 1 aromatic heterocycles. The van der Waals surface area contributed by atoms with Gasteiger partial charge in [0.25, 0.3) is 0 Å². The van der Waals surface area contributed by atoms with Gasteiger partial charge in [0, 0.05) is 13.7 Å². The molecule has 0 spiro atoms. The third-order valence-electron chi connectivity index (χ3n) is 5.65.